The number of urea groups is 1. The number of carbonyl (C=O) groups excluding carboxylic acids is 2. The smallest absolute Gasteiger partial charge is 0.328 e. The molecule has 3 N–H and O–H groups in total. The van der Waals surface area contributed by atoms with E-state index in [0.717, 1.165) is 11.4 Å². The Morgan fingerprint density at radius 1 is 1.08 bits per heavy atom. The minimum Gasteiger partial charge on any atom is -0.382 e. The predicted octanol–water partition coefficient (Wildman–Crippen LogP) is 2.08. The van der Waals surface area contributed by atoms with E-state index in [9.17, 15) is 9.59 Å². The summed E-state index contributed by atoms with van der Waals surface area (Å²) >= 11 is 0. The highest BCUT2D eigenvalue weighted by molar-refractivity contribution is 6.05. The van der Waals surface area contributed by atoms with Gasteiger partial charge in [-0.2, -0.15) is 0 Å². The summed E-state index contributed by atoms with van der Waals surface area (Å²) in [5.41, 5.74) is 2.51. The third-order valence-electron chi connectivity index (χ3n) is 5.65. The van der Waals surface area contributed by atoms with E-state index < -0.39 is 0 Å². The lowest BCUT2D eigenvalue weighted by Crippen LogP contribution is -2.55. The summed E-state index contributed by atoms with van der Waals surface area (Å²) in [5, 5.41) is 9.38. The van der Waals surface area contributed by atoms with Gasteiger partial charge in [-0.1, -0.05) is 0 Å². The van der Waals surface area contributed by atoms with E-state index in [1.807, 2.05) is 24.3 Å². The Kier molecular flexibility index (Phi) is 3.92. The molecule has 2 heterocycles. The summed E-state index contributed by atoms with van der Waals surface area (Å²) in [5.74, 6) is -0.203. The van der Waals surface area contributed by atoms with Gasteiger partial charge in [-0.15, -0.1) is 0 Å². The van der Waals surface area contributed by atoms with Gasteiger partial charge in [0.2, 0.25) is 5.91 Å². The van der Waals surface area contributed by atoms with Gasteiger partial charge >= 0.3 is 6.03 Å². The number of rotatable bonds is 3. The third-order valence-corrected chi connectivity index (χ3v) is 5.65. The topological polar surface area (TPSA) is 73.5 Å². The molecule has 4 rings (SSSR count). The monoisotopic (exact) mass is 328 g/mol. The Labute approximate surface area is 142 Å². The van der Waals surface area contributed by atoms with E-state index in [-0.39, 0.29) is 11.9 Å². The normalized spacial score (nSPS) is 23.8. The molecule has 1 saturated carbocycles. The lowest BCUT2D eigenvalue weighted by molar-refractivity contribution is -0.120. The molecule has 1 aliphatic carbocycles. The first-order valence-electron chi connectivity index (χ1n) is 8.82. The van der Waals surface area contributed by atoms with Gasteiger partial charge in [0, 0.05) is 43.5 Å². The minimum absolute atomic E-state index is 0.203. The summed E-state index contributed by atoms with van der Waals surface area (Å²) in [7, 11) is 0. The van der Waals surface area contributed by atoms with Gasteiger partial charge in [-0.3, -0.25) is 15.0 Å². The van der Waals surface area contributed by atoms with Crippen LogP contribution in [0.15, 0.2) is 24.3 Å². The maximum atomic E-state index is 11.9. The lowest BCUT2D eigenvalue weighted by atomic mass is 9.68. The van der Waals surface area contributed by atoms with E-state index in [0.29, 0.717) is 24.4 Å². The fourth-order valence-electron chi connectivity index (χ4n) is 3.99. The van der Waals surface area contributed by atoms with Gasteiger partial charge in [0.25, 0.3) is 0 Å². The van der Waals surface area contributed by atoms with Crippen molar-refractivity contribution >= 4 is 23.3 Å². The average molecular weight is 328 g/mol. The molecule has 6 heteroatoms. The van der Waals surface area contributed by atoms with Gasteiger partial charge in [-0.05, 0) is 55.4 Å². The van der Waals surface area contributed by atoms with Crippen molar-refractivity contribution in [2.24, 2.45) is 5.41 Å². The lowest BCUT2D eigenvalue weighted by Gasteiger charge is -2.47. The van der Waals surface area contributed by atoms with E-state index in [1.165, 1.54) is 38.8 Å². The molecular weight excluding hydrogens is 304 g/mol. The zero-order valence-corrected chi connectivity index (χ0v) is 13.8. The van der Waals surface area contributed by atoms with Crippen LogP contribution in [0.25, 0.3) is 0 Å². The summed E-state index contributed by atoms with van der Waals surface area (Å²) in [6, 6.07) is 8.13. The van der Waals surface area contributed by atoms with Crippen LogP contribution in [0.1, 0.15) is 32.1 Å². The van der Waals surface area contributed by atoms with Gasteiger partial charge in [0.15, 0.2) is 0 Å². The Balaban J connectivity index is 1.34. The summed E-state index contributed by atoms with van der Waals surface area (Å²) in [4.78, 5) is 24.7. The molecule has 3 fully saturated rings. The Hall–Kier alpha value is -2.08. The molecule has 1 spiro atoms. The highest BCUT2D eigenvalue weighted by Gasteiger charge is 2.39. The Morgan fingerprint density at radius 3 is 2.38 bits per heavy atom. The molecule has 1 aromatic carbocycles. The fraction of sp³-hybridized carbons (Fsp3) is 0.556. The molecule has 0 atom stereocenters. The van der Waals surface area contributed by atoms with E-state index >= 15 is 0 Å². The van der Waals surface area contributed by atoms with Crippen LogP contribution in [0, 0.1) is 5.41 Å². The number of nitrogens with one attached hydrogen (secondary N) is 3. The standard InChI is InChI=1S/C18H24N4O2/c23-16-7-10-22(17(24)21-16)15-3-1-13(2-4-15)20-14-5-8-18(9-6-14)11-19-12-18/h1-4,14,19-20H,5-12H2,(H,21,23,24). The molecule has 6 nitrogen and oxygen atoms in total. The highest BCUT2D eigenvalue weighted by atomic mass is 16.2. The van der Waals surface area contributed by atoms with E-state index in [4.69, 9.17) is 0 Å². The summed E-state index contributed by atoms with van der Waals surface area (Å²) in [6.45, 7) is 2.82. The van der Waals surface area contributed by atoms with Crippen LogP contribution >= 0.6 is 0 Å². The zero-order valence-electron chi connectivity index (χ0n) is 13.8. The second-order valence-electron chi connectivity index (χ2n) is 7.32. The van der Waals surface area contributed by atoms with E-state index in [1.54, 1.807) is 4.90 Å². The molecule has 0 radical (unpaired) electrons. The van der Waals surface area contributed by atoms with Crippen molar-refractivity contribution in [3.8, 4) is 0 Å². The summed E-state index contributed by atoms with van der Waals surface area (Å²) in [6.07, 6.45) is 5.40. The Morgan fingerprint density at radius 2 is 1.79 bits per heavy atom. The van der Waals surface area contributed by atoms with E-state index in [2.05, 4.69) is 16.0 Å². The third kappa shape index (κ3) is 2.98. The predicted molar refractivity (Wildman–Crippen MR) is 93.1 cm³/mol. The first-order valence-corrected chi connectivity index (χ1v) is 8.82. The maximum absolute atomic E-state index is 11.9. The molecule has 3 aliphatic rings. The number of imide groups is 1. The number of carbonyl (C=O) groups is 2. The molecule has 0 aromatic heterocycles. The van der Waals surface area contributed by atoms with Gasteiger partial charge in [0.05, 0.1) is 0 Å². The molecule has 3 amide bonds. The molecule has 1 aromatic rings. The number of hydrogen-bond donors (Lipinski definition) is 3. The molecular formula is C18H24N4O2. The number of amides is 3. The second kappa shape index (κ2) is 6.09. The van der Waals surface area contributed by atoms with Crippen molar-refractivity contribution < 1.29 is 9.59 Å². The first kappa shape index (κ1) is 15.4. The van der Waals surface area contributed by atoms with Crippen LogP contribution in [0.5, 0.6) is 0 Å². The first-order chi connectivity index (χ1) is 11.6. The van der Waals surface area contributed by atoms with Crippen LogP contribution in [0.2, 0.25) is 0 Å². The zero-order chi connectivity index (χ0) is 16.6. The number of hydrogen-bond acceptors (Lipinski definition) is 4. The molecule has 0 unspecified atom stereocenters. The van der Waals surface area contributed by atoms with Crippen LogP contribution in [0.3, 0.4) is 0 Å². The van der Waals surface area contributed by atoms with Crippen molar-refractivity contribution in [2.45, 2.75) is 38.1 Å². The van der Waals surface area contributed by atoms with Crippen molar-refractivity contribution in [3.05, 3.63) is 24.3 Å². The van der Waals surface area contributed by atoms with Crippen molar-refractivity contribution in [1.29, 1.82) is 0 Å². The van der Waals surface area contributed by atoms with Crippen LogP contribution in [-0.4, -0.2) is 37.6 Å². The van der Waals surface area contributed by atoms with Crippen LogP contribution in [-0.2, 0) is 4.79 Å². The van der Waals surface area contributed by atoms with Gasteiger partial charge in [0.1, 0.15) is 0 Å². The fourth-order valence-corrected chi connectivity index (χ4v) is 3.99. The Bertz CT molecular complexity index is 629. The van der Waals surface area contributed by atoms with Crippen molar-refractivity contribution in [1.82, 2.24) is 10.6 Å². The molecule has 128 valence electrons. The molecule has 2 saturated heterocycles. The van der Waals surface area contributed by atoms with Gasteiger partial charge in [-0.25, -0.2) is 4.79 Å². The molecule has 0 bridgehead atoms. The minimum atomic E-state index is -0.335. The van der Waals surface area contributed by atoms with Crippen LogP contribution in [0.4, 0.5) is 16.2 Å². The quantitative estimate of drug-likeness (QED) is 0.794. The highest BCUT2D eigenvalue weighted by Crippen LogP contribution is 2.40. The summed E-state index contributed by atoms with van der Waals surface area (Å²) < 4.78 is 0. The van der Waals surface area contributed by atoms with Crippen molar-refractivity contribution in [3.63, 3.8) is 0 Å². The molecule has 24 heavy (non-hydrogen) atoms. The number of nitrogens with zero attached hydrogens (tertiary/aromatic N) is 1. The number of anilines is 2. The van der Waals surface area contributed by atoms with Crippen molar-refractivity contribution in [2.75, 3.05) is 29.9 Å². The van der Waals surface area contributed by atoms with Gasteiger partial charge < -0.3 is 10.6 Å². The largest absolute Gasteiger partial charge is 0.382 e. The maximum Gasteiger partial charge on any atom is 0.328 e. The van der Waals surface area contributed by atoms with Crippen LogP contribution < -0.4 is 20.9 Å². The average Bonchev–Trinajstić information content (AvgIpc) is 2.55. The number of benzene rings is 1. The second-order valence-corrected chi connectivity index (χ2v) is 7.32. The molecule has 2 aliphatic heterocycles. The SMILES string of the molecule is O=C1CCN(c2ccc(NC3CCC4(CC3)CNC4)cc2)C(=O)N1.